The van der Waals surface area contributed by atoms with E-state index in [0.29, 0.717) is 11.3 Å². The van der Waals surface area contributed by atoms with Gasteiger partial charge in [0.05, 0.1) is 12.2 Å². The van der Waals surface area contributed by atoms with E-state index in [2.05, 4.69) is 4.98 Å². The molecule has 3 aromatic rings. The molecule has 2 aromatic carbocycles. The molecule has 4 nitrogen and oxygen atoms in total. The number of hydrogen-bond acceptors (Lipinski definition) is 3. The van der Waals surface area contributed by atoms with Gasteiger partial charge in [0.1, 0.15) is 5.82 Å². The molecule has 1 amide bonds. The van der Waals surface area contributed by atoms with Crippen LogP contribution in [0.1, 0.15) is 16.7 Å². The van der Waals surface area contributed by atoms with Gasteiger partial charge in [-0.25, -0.2) is 4.39 Å². The maximum atomic E-state index is 13.2. The first kappa shape index (κ1) is 16.4. The molecule has 0 saturated carbocycles. The van der Waals surface area contributed by atoms with Crippen LogP contribution in [0.4, 0.5) is 10.1 Å². The molecule has 5 heteroatoms. The van der Waals surface area contributed by atoms with E-state index < -0.39 is 5.60 Å². The summed E-state index contributed by atoms with van der Waals surface area (Å²) in [7, 11) is 0. The topological polar surface area (TPSA) is 53.4 Å². The van der Waals surface area contributed by atoms with Crippen LogP contribution in [0.3, 0.4) is 0 Å². The number of aromatic nitrogens is 1. The molecule has 1 aliphatic rings. The van der Waals surface area contributed by atoms with Gasteiger partial charge in [-0.05, 0) is 41.5 Å². The Morgan fingerprint density at radius 3 is 2.38 bits per heavy atom. The summed E-state index contributed by atoms with van der Waals surface area (Å²) in [6.45, 7) is 0.273. The molecule has 130 valence electrons. The lowest BCUT2D eigenvalue weighted by atomic mass is 9.89. The summed E-state index contributed by atoms with van der Waals surface area (Å²) in [5.74, 6) is -0.698. The number of aliphatic hydroxyl groups is 1. The van der Waals surface area contributed by atoms with Gasteiger partial charge in [-0.15, -0.1) is 0 Å². The van der Waals surface area contributed by atoms with E-state index in [1.54, 1.807) is 47.6 Å². The number of hydrogen-bond donors (Lipinski definition) is 1. The average molecular weight is 348 g/mol. The first-order chi connectivity index (χ1) is 12.6. The van der Waals surface area contributed by atoms with Crippen LogP contribution in [0.15, 0.2) is 73.1 Å². The molecule has 2 heterocycles. The summed E-state index contributed by atoms with van der Waals surface area (Å²) in [5.41, 5.74) is 1.26. The smallest absolute Gasteiger partial charge is 0.264 e. The molecule has 0 spiro atoms. The van der Waals surface area contributed by atoms with E-state index in [-0.39, 0.29) is 24.7 Å². The van der Waals surface area contributed by atoms with Gasteiger partial charge in [-0.2, -0.15) is 0 Å². The van der Waals surface area contributed by atoms with Crippen LogP contribution in [0, 0.1) is 5.82 Å². The normalized spacial score (nSPS) is 18.8. The highest BCUT2D eigenvalue weighted by Gasteiger charge is 2.49. The van der Waals surface area contributed by atoms with Gasteiger partial charge in [0.15, 0.2) is 5.60 Å². The van der Waals surface area contributed by atoms with Gasteiger partial charge in [0, 0.05) is 24.4 Å². The Morgan fingerprint density at radius 1 is 0.962 bits per heavy atom. The fraction of sp³-hybridized carbons (Fsp3) is 0.143. The van der Waals surface area contributed by atoms with E-state index in [1.807, 2.05) is 18.2 Å². The lowest BCUT2D eigenvalue weighted by Gasteiger charge is -2.23. The predicted octanol–water partition coefficient (Wildman–Crippen LogP) is 3.20. The molecule has 1 N–H and O–H groups in total. The van der Waals surface area contributed by atoms with E-state index in [9.17, 15) is 14.3 Å². The van der Waals surface area contributed by atoms with Gasteiger partial charge in [-0.3, -0.25) is 9.78 Å². The number of pyridine rings is 1. The number of para-hydroxylation sites is 1. The quantitative estimate of drug-likeness (QED) is 0.788. The monoisotopic (exact) mass is 348 g/mol. The maximum Gasteiger partial charge on any atom is 0.264 e. The fourth-order valence-electron chi connectivity index (χ4n) is 3.40. The number of benzene rings is 2. The number of nitrogens with zero attached hydrogens (tertiary/aromatic N) is 2. The Labute approximate surface area is 150 Å². The lowest BCUT2D eigenvalue weighted by Crippen LogP contribution is -2.41. The largest absolute Gasteiger partial charge is 0.375 e. The van der Waals surface area contributed by atoms with Crippen LogP contribution in [0.25, 0.3) is 0 Å². The standard InChI is InChI=1S/C21H17FN2O2/c22-17-7-5-16(6-8-17)14-24-19-4-2-1-3-18(19)21(26,20(24)25)13-15-9-11-23-12-10-15/h1-12,26H,13-14H2/t21-/m1/s1. The second-order valence-electron chi connectivity index (χ2n) is 6.43. The van der Waals surface area contributed by atoms with Crippen molar-refractivity contribution in [1.82, 2.24) is 4.98 Å². The van der Waals surface area contributed by atoms with E-state index in [1.165, 1.54) is 12.1 Å². The van der Waals surface area contributed by atoms with Crippen LogP contribution in [0.5, 0.6) is 0 Å². The fourth-order valence-corrected chi connectivity index (χ4v) is 3.40. The minimum atomic E-state index is -1.63. The molecule has 26 heavy (non-hydrogen) atoms. The summed E-state index contributed by atoms with van der Waals surface area (Å²) in [6.07, 6.45) is 3.45. The Bertz CT molecular complexity index is 944. The van der Waals surface area contributed by atoms with Gasteiger partial charge in [0.2, 0.25) is 0 Å². The lowest BCUT2D eigenvalue weighted by molar-refractivity contribution is -0.136. The first-order valence-corrected chi connectivity index (χ1v) is 8.35. The third kappa shape index (κ3) is 2.76. The Hall–Kier alpha value is -3.05. The molecule has 1 atom stereocenters. The van der Waals surface area contributed by atoms with Gasteiger partial charge < -0.3 is 10.0 Å². The van der Waals surface area contributed by atoms with E-state index in [4.69, 9.17) is 0 Å². The van der Waals surface area contributed by atoms with E-state index >= 15 is 0 Å². The molecule has 1 aromatic heterocycles. The molecule has 4 rings (SSSR count). The highest BCUT2D eigenvalue weighted by atomic mass is 19.1. The molecule has 0 aliphatic carbocycles. The van der Waals surface area contributed by atoms with Crippen LogP contribution in [-0.2, 0) is 23.4 Å². The van der Waals surface area contributed by atoms with Crippen molar-refractivity contribution in [3.63, 3.8) is 0 Å². The molecular formula is C21H17FN2O2. The Morgan fingerprint density at radius 2 is 1.65 bits per heavy atom. The summed E-state index contributed by atoms with van der Waals surface area (Å²) in [6, 6.07) is 16.8. The average Bonchev–Trinajstić information content (AvgIpc) is 2.87. The zero-order valence-electron chi connectivity index (χ0n) is 14.0. The summed E-state index contributed by atoms with van der Waals surface area (Å²) in [5, 5.41) is 11.3. The first-order valence-electron chi connectivity index (χ1n) is 8.35. The third-order valence-electron chi connectivity index (χ3n) is 4.70. The van der Waals surface area contributed by atoms with E-state index in [0.717, 1.165) is 11.1 Å². The minimum absolute atomic E-state index is 0.172. The number of rotatable bonds is 4. The summed E-state index contributed by atoms with van der Waals surface area (Å²) in [4.78, 5) is 18.7. The van der Waals surface area contributed by atoms with Crippen molar-refractivity contribution in [2.24, 2.45) is 0 Å². The van der Waals surface area contributed by atoms with Crippen molar-refractivity contribution in [3.8, 4) is 0 Å². The van der Waals surface area contributed by atoms with Gasteiger partial charge in [-0.1, -0.05) is 30.3 Å². The predicted molar refractivity (Wildman–Crippen MR) is 95.9 cm³/mol. The zero-order chi connectivity index (χ0) is 18.1. The molecular weight excluding hydrogens is 331 g/mol. The second-order valence-corrected chi connectivity index (χ2v) is 6.43. The number of carbonyl (C=O) groups is 1. The molecule has 1 aliphatic heterocycles. The highest BCUT2D eigenvalue weighted by Crippen LogP contribution is 2.42. The zero-order valence-corrected chi connectivity index (χ0v) is 14.0. The van der Waals surface area contributed by atoms with Crippen LogP contribution >= 0.6 is 0 Å². The number of amides is 1. The minimum Gasteiger partial charge on any atom is -0.375 e. The van der Waals surface area contributed by atoms with Crippen molar-refractivity contribution in [1.29, 1.82) is 0 Å². The molecule has 0 fully saturated rings. The summed E-state index contributed by atoms with van der Waals surface area (Å²) >= 11 is 0. The second kappa shape index (κ2) is 6.35. The van der Waals surface area contributed by atoms with Crippen LogP contribution in [0.2, 0.25) is 0 Å². The highest BCUT2D eigenvalue weighted by molar-refractivity contribution is 6.06. The van der Waals surface area contributed by atoms with Crippen molar-refractivity contribution >= 4 is 11.6 Å². The Kier molecular flexibility index (Phi) is 4.01. The van der Waals surface area contributed by atoms with Crippen LogP contribution < -0.4 is 4.90 Å². The molecule has 0 radical (unpaired) electrons. The maximum absolute atomic E-state index is 13.2. The SMILES string of the molecule is O=C1N(Cc2ccc(F)cc2)c2ccccc2[C@]1(O)Cc1ccncc1. The summed E-state index contributed by atoms with van der Waals surface area (Å²) < 4.78 is 13.2. The third-order valence-corrected chi connectivity index (χ3v) is 4.70. The van der Waals surface area contributed by atoms with Crippen molar-refractivity contribution < 1.29 is 14.3 Å². The number of anilines is 1. The number of halogens is 1. The molecule has 0 saturated heterocycles. The number of carbonyl (C=O) groups excluding carboxylic acids is 1. The van der Waals surface area contributed by atoms with Gasteiger partial charge >= 0.3 is 0 Å². The van der Waals surface area contributed by atoms with Crippen molar-refractivity contribution in [3.05, 3.63) is 95.6 Å². The van der Waals surface area contributed by atoms with Crippen molar-refractivity contribution in [2.45, 2.75) is 18.6 Å². The molecule has 0 unspecified atom stereocenters. The van der Waals surface area contributed by atoms with Crippen molar-refractivity contribution in [2.75, 3.05) is 4.90 Å². The van der Waals surface area contributed by atoms with Crippen LogP contribution in [-0.4, -0.2) is 16.0 Å². The van der Waals surface area contributed by atoms with Gasteiger partial charge in [0.25, 0.3) is 5.91 Å². The Balaban J connectivity index is 1.71. The number of fused-ring (bicyclic) bond motifs is 1. The molecule has 0 bridgehead atoms.